The van der Waals surface area contributed by atoms with Gasteiger partial charge in [-0.25, -0.2) is 9.45 Å². The highest BCUT2D eigenvalue weighted by molar-refractivity contribution is 9.10. The first kappa shape index (κ1) is 15.9. The Morgan fingerprint density at radius 1 is 1.59 bits per heavy atom. The maximum absolute atomic E-state index is 14.5. The van der Waals surface area contributed by atoms with E-state index in [0.717, 1.165) is 4.47 Å². The van der Waals surface area contributed by atoms with Crippen molar-refractivity contribution in [3.8, 4) is 0 Å². The van der Waals surface area contributed by atoms with Crippen molar-refractivity contribution in [2.24, 2.45) is 5.92 Å². The minimum Gasteiger partial charge on any atom is -0.382 e. The maximum Gasteiger partial charge on any atom is 0.243 e. The van der Waals surface area contributed by atoms with E-state index in [4.69, 9.17) is 14.3 Å². The van der Waals surface area contributed by atoms with E-state index in [1.165, 1.54) is 18.1 Å². The predicted octanol–water partition coefficient (Wildman–Crippen LogP) is 2.24. The quantitative estimate of drug-likeness (QED) is 0.815. The number of hydrogen-bond acceptors (Lipinski definition) is 4. The number of methoxy groups -OCH3 is 1. The third-order valence-electron chi connectivity index (χ3n) is 4.34. The Bertz CT molecular complexity index is 599. The fraction of sp³-hybridized carbons (Fsp3) is 0.533. The van der Waals surface area contributed by atoms with Crippen molar-refractivity contribution in [3.05, 3.63) is 34.1 Å². The van der Waals surface area contributed by atoms with Gasteiger partial charge in [-0.15, -0.1) is 0 Å². The van der Waals surface area contributed by atoms with E-state index in [0.29, 0.717) is 18.8 Å². The lowest BCUT2D eigenvalue weighted by Crippen LogP contribution is -2.48. The van der Waals surface area contributed by atoms with Gasteiger partial charge in [-0.1, -0.05) is 15.9 Å². The van der Waals surface area contributed by atoms with Gasteiger partial charge in [0.2, 0.25) is 5.91 Å². The molecule has 120 valence electrons. The van der Waals surface area contributed by atoms with Crippen LogP contribution in [0.4, 0.5) is 4.39 Å². The molecule has 2 heterocycles. The standard InChI is InChI=1S/C15H17BrFNO4/c1-9(19)18-15(11-5-10(16)3-4-13(11)17)8-21-14(7-20-2)12(15)6-22-18/h3-5,12,14H,6-8H2,1-2H3/t12?,14-,15-/m1/s1. The van der Waals surface area contributed by atoms with Crippen LogP contribution in [0.2, 0.25) is 0 Å². The zero-order chi connectivity index (χ0) is 15.9. The number of carbonyl (C=O) groups is 1. The fourth-order valence-electron chi connectivity index (χ4n) is 3.41. The van der Waals surface area contributed by atoms with Gasteiger partial charge in [-0.3, -0.25) is 9.63 Å². The van der Waals surface area contributed by atoms with Crippen LogP contribution in [0.1, 0.15) is 12.5 Å². The van der Waals surface area contributed by atoms with Gasteiger partial charge in [0.25, 0.3) is 0 Å². The molecule has 0 N–H and O–H groups in total. The molecular weight excluding hydrogens is 357 g/mol. The topological polar surface area (TPSA) is 48.0 Å². The van der Waals surface area contributed by atoms with Crippen LogP contribution < -0.4 is 0 Å². The van der Waals surface area contributed by atoms with Crippen molar-refractivity contribution in [2.75, 3.05) is 26.9 Å². The molecule has 2 fully saturated rings. The number of hydrogen-bond donors (Lipinski definition) is 0. The van der Waals surface area contributed by atoms with E-state index >= 15 is 0 Å². The second kappa shape index (κ2) is 5.88. The summed E-state index contributed by atoms with van der Waals surface area (Å²) >= 11 is 3.36. The molecule has 22 heavy (non-hydrogen) atoms. The second-order valence-corrected chi connectivity index (χ2v) is 6.48. The van der Waals surface area contributed by atoms with Crippen molar-refractivity contribution in [2.45, 2.75) is 18.6 Å². The molecule has 3 rings (SSSR count). The maximum atomic E-state index is 14.5. The molecule has 0 spiro atoms. The number of carbonyl (C=O) groups excluding carboxylic acids is 1. The molecular formula is C15H17BrFNO4. The van der Waals surface area contributed by atoms with Crippen LogP contribution >= 0.6 is 15.9 Å². The van der Waals surface area contributed by atoms with Crippen molar-refractivity contribution in [3.63, 3.8) is 0 Å². The Kier molecular flexibility index (Phi) is 4.24. The van der Waals surface area contributed by atoms with Gasteiger partial charge in [-0.2, -0.15) is 0 Å². The van der Waals surface area contributed by atoms with Gasteiger partial charge in [0.15, 0.2) is 0 Å². The van der Waals surface area contributed by atoms with Crippen molar-refractivity contribution in [1.82, 2.24) is 5.06 Å². The zero-order valence-electron chi connectivity index (χ0n) is 12.3. The van der Waals surface area contributed by atoms with E-state index in [9.17, 15) is 9.18 Å². The Hall–Kier alpha value is -1.02. The fourth-order valence-corrected chi connectivity index (χ4v) is 3.77. The van der Waals surface area contributed by atoms with Crippen LogP contribution in [0.15, 0.2) is 22.7 Å². The molecule has 3 atom stereocenters. The third-order valence-corrected chi connectivity index (χ3v) is 4.83. The molecule has 0 radical (unpaired) electrons. The summed E-state index contributed by atoms with van der Waals surface area (Å²) in [6, 6.07) is 4.69. The number of amides is 1. The van der Waals surface area contributed by atoms with E-state index in [-0.39, 0.29) is 30.4 Å². The molecule has 5 nitrogen and oxygen atoms in total. The van der Waals surface area contributed by atoms with E-state index in [1.54, 1.807) is 19.2 Å². The van der Waals surface area contributed by atoms with E-state index < -0.39 is 5.54 Å². The number of halogens is 2. The monoisotopic (exact) mass is 373 g/mol. The lowest BCUT2D eigenvalue weighted by Gasteiger charge is -2.35. The first-order valence-corrected chi connectivity index (χ1v) is 7.79. The molecule has 2 saturated heterocycles. The lowest BCUT2D eigenvalue weighted by atomic mass is 9.78. The van der Waals surface area contributed by atoms with Gasteiger partial charge < -0.3 is 9.47 Å². The highest BCUT2D eigenvalue weighted by Gasteiger charge is 2.61. The Morgan fingerprint density at radius 3 is 3.05 bits per heavy atom. The second-order valence-electron chi connectivity index (χ2n) is 5.57. The SMILES string of the molecule is COC[C@H]1OC[C@@]2(c3cc(Br)ccc3F)C1CON2C(C)=O. The first-order valence-electron chi connectivity index (χ1n) is 7.00. The van der Waals surface area contributed by atoms with Gasteiger partial charge in [0.1, 0.15) is 11.4 Å². The number of rotatable bonds is 3. The van der Waals surface area contributed by atoms with Crippen LogP contribution in [0.25, 0.3) is 0 Å². The molecule has 1 amide bonds. The molecule has 1 aromatic carbocycles. The Labute approximate surface area is 136 Å². The molecule has 2 aliphatic rings. The molecule has 0 saturated carbocycles. The zero-order valence-corrected chi connectivity index (χ0v) is 13.9. The highest BCUT2D eigenvalue weighted by Crippen LogP contribution is 2.50. The molecule has 7 heteroatoms. The molecule has 2 aliphatic heterocycles. The van der Waals surface area contributed by atoms with Crippen molar-refractivity contribution >= 4 is 21.8 Å². The lowest BCUT2D eigenvalue weighted by molar-refractivity contribution is -0.194. The Morgan fingerprint density at radius 2 is 2.36 bits per heavy atom. The number of benzene rings is 1. The minimum atomic E-state index is -0.955. The largest absolute Gasteiger partial charge is 0.382 e. The summed E-state index contributed by atoms with van der Waals surface area (Å²) in [4.78, 5) is 17.6. The van der Waals surface area contributed by atoms with E-state index in [1.807, 2.05) is 0 Å². The van der Waals surface area contributed by atoms with Gasteiger partial charge in [0.05, 0.1) is 25.9 Å². The molecule has 1 unspecified atom stereocenters. The summed E-state index contributed by atoms with van der Waals surface area (Å²) in [7, 11) is 1.58. The van der Waals surface area contributed by atoms with Crippen molar-refractivity contribution < 1.29 is 23.5 Å². The summed E-state index contributed by atoms with van der Waals surface area (Å²) < 4.78 is 26.2. The summed E-state index contributed by atoms with van der Waals surface area (Å²) in [6.07, 6.45) is -0.243. The van der Waals surface area contributed by atoms with Gasteiger partial charge in [0, 0.05) is 30.0 Å². The average molecular weight is 374 g/mol. The van der Waals surface area contributed by atoms with Crippen LogP contribution in [-0.2, 0) is 24.6 Å². The number of hydroxylamine groups is 2. The predicted molar refractivity (Wildman–Crippen MR) is 79.4 cm³/mol. The van der Waals surface area contributed by atoms with Crippen LogP contribution in [0.5, 0.6) is 0 Å². The molecule has 0 bridgehead atoms. The van der Waals surface area contributed by atoms with Gasteiger partial charge in [-0.05, 0) is 18.2 Å². The van der Waals surface area contributed by atoms with Crippen LogP contribution in [-0.4, -0.2) is 44.0 Å². The van der Waals surface area contributed by atoms with Crippen LogP contribution in [0.3, 0.4) is 0 Å². The number of fused-ring (bicyclic) bond motifs is 1. The normalized spacial score (nSPS) is 30.6. The summed E-state index contributed by atoms with van der Waals surface area (Å²) in [5, 5.41) is 1.26. The van der Waals surface area contributed by atoms with Crippen LogP contribution in [0, 0.1) is 11.7 Å². The van der Waals surface area contributed by atoms with Gasteiger partial charge >= 0.3 is 0 Å². The minimum absolute atomic E-state index is 0.179. The number of ether oxygens (including phenoxy) is 2. The third kappa shape index (κ3) is 2.27. The average Bonchev–Trinajstić information content (AvgIpc) is 3.01. The first-order chi connectivity index (χ1) is 10.5. The molecule has 1 aromatic rings. The summed E-state index contributed by atoms with van der Waals surface area (Å²) in [5.41, 5.74) is -0.554. The van der Waals surface area contributed by atoms with E-state index in [2.05, 4.69) is 15.9 Å². The molecule has 0 aromatic heterocycles. The number of nitrogens with zero attached hydrogens (tertiary/aromatic N) is 1. The van der Waals surface area contributed by atoms with Crippen molar-refractivity contribution in [1.29, 1.82) is 0 Å². The summed E-state index contributed by atoms with van der Waals surface area (Å²) in [5.74, 6) is -0.838. The highest BCUT2D eigenvalue weighted by atomic mass is 79.9. The smallest absolute Gasteiger partial charge is 0.243 e. The molecule has 0 aliphatic carbocycles. The summed E-state index contributed by atoms with van der Waals surface area (Å²) in [6.45, 7) is 2.25. The Balaban J connectivity index is 2.12.